The number of likely N-dealkylation sites (N-methyl/N-ethyl adjacent to an activating group) is 1. The average molecular weight is 306 g/mol. The molecule has 0 spiro atoms. The highest BCUT2D eigenvalue weighted by molar-refractivity contribution is 6.30. The summed E-state index contributed by atoms with van der Waals surface area (Å²) in [6.45, 7) is 2.11. The van der Waals surface area contributed by atoms with Gasteiger partial charge in [-0.25, -0.2) is 4.39 Å². The highest BCUT2D eigenvalue weighted by atomic mass is 35.5. The number of benzene rings is 2. The van der Waals surface area contributed by atoms with Crippen LogP contribution in [-0.4, -0.2) is 13.1 Å². The van der Waals surface area contributed by atoms with Gasteiger partial charge in [0.1, 0.15) is 5.82 Å². The average Bonchev–Trinajstić information content (AvgIpc) is 2.47. The fraction of sp³-hybridized carbons (Fsp3) is 0.333. The van der Waals surface area contributed by atoms with Crippen LogP contribution in [0.25, 0.3) is 0 Å². The van der Waals surface area contributed by atoms with Crippen molar-refractivity contribution >= 4 is 11.6 Å². The Bertz CT molecular complexity index is 598. The zero-order valence-corrected chi connectivity index (χ0v) is 13.3. The molecule has 0 saturated carbocycles. The third kappa shape index (κ3) is 4.83. The first-order valence-corrected chi connectivity index (χ1v) is 7.63. The fourth-order valence-corrected chi connectivity index (χ4v) is 2.63. The lowest BCUT2D eigenvalue weighted by molar-refractivity contribution is 0.518. The molecule has 0 bridgehead atoms. The van der Waals surface area contributed by atoms with Crippen molar-refractivity contribution in [1.82, 2.24) is 5.32 Å². The minimum absolute atomic E-state index is 0.180. The van der Waals surface area contributed by atoms with Crippen LogP contribution in [0.5, 0.6) is 0 Å². The summed E-state index contributed by atoms with van der Waals surface area (Å²) >= 11 is 5.72. The SMILES string of the molecule is CNC(CCc1cccc(C)c1)Cc1ccc(Cl)c(F)c1. The predicted octanol–water partition coefficient (Wildman–Crippen LogP) is 4.55. The summed E-state index contributed by atoms with van der Waals surface area (Å²) in [5.41, 5.74) is 3.60. The summed E-state index contributed by atoms with van der Waals surface area (Å²) in [4.78, 5) is 0. The van der Waals surface area contributed by atoms with Crippen molar-refractivity contribution in [3.05, 3.63) is 70.0 Å². The van der Waals surface area contributed by atoms with Crippen LogP contribution >= 0.6 is 11.6 Å². The Hall–Kier alpha value is -1.38. The Morgan fingerprint density at radius 1 is 1.14 bits per heavy atom. The molecule has 2 aromatic rings. The Balaban J connectivity index is 1.95. The molecule has 21 heavy (non-hydrogen) atoms. The Morgan fingerprint density at radius 3 is 2.62 bits per heavy atom. The van der Waals surface area contributed by atoms with Gasteiger partial charge < -0.3 is 5.32 Å². The molecule has 2 rings (SSSR count). The number of halogens is 2. The second kappa shape index (κ2) is 7.58. The van der Waals surface area contributed by atoms with Crippen LogP contribution in [0.2, 0.25) is 5.02 Å². The van der Waals surface area contributed by atoms with Crippen LogP contribution in [0.15, 0.2) is 42.5 Å². The number of aryl methyl sites for hydroxylation is 2. The summed E-state index contributed by atoms with van der Waals surface area (Å²) in [5.74, 6) is -0.345. The van der Waals surface area contributed by atoms with E-state index in [4.69, 9.17) is 11.6 Å². The van der Waals surface area contributed by atoms with Crippen molar-refractivity contribution in [2.75, 3.05) is 7.05 Å². The molecule has 0 aromatic heterocycles. The molecular weight excluding hydrogens is 285 g/mol. The van der Waals surface area contributed by atoms with Crippen LogP contribution in [-0.2, 0) is 12.8 Å². The van der Waals surface area contributed by atoms with E-state index < -0.39 is 0 Å². The highest BCUT2D eigenvalue weighted by Crippen LogP contribution is 2.17. The second-order valence-corrected chi connectivity index (χ2v) is 5.87. The number of rotatable bonds is 6. The zero-order valence-electron chi connectivity index (χ0n) is 12.5. The van der Waals surface area contributed by atoms with Crippen LogP contribution < -0.4 is 5.32 Å². The van der Waals surface area contributed by atoms with Crippen LogP contribution in [0.3, 0.4) is 0 Å². The lowest BCUT2D eigenvalue weighted by Crippen LogP contribution is -2.28. The first-order chi connectivity index (χ1) is 10.1. The third-order valence-corrected chi connectivity index (χ3v) is 4.04. The molecule has 0 heterocycles. The summed E-state index contributed by atoms with van der Waals surface area (Å²) in [7, 11) is 1.95. The van der Waals surface area contributed by atoms with E-state index in [1.807, 2.05) is 13.1 Å². The van der Waals surface area contributed by atoms with Gasteiger partial charge in [-0.15, -0.1) is 0 Å². The lowest BCUT2D eigenvalue weighted by atomic mass is 9.98. The molecule has 0 amide bonds. The van der Waals surface area contributed by atoms with Crippen LogP contribution in [0.4, 0.5) is 4.39 Å². The fourth-order valence-electron chi connectivity index (χ4n) is 2.51. The highest BCUT2D eigenvalue weighted by Gasteiger charge is 2.09. The van der Waals surface area contributed by atoms with E-state index in [1.54, 1.807) is 6.07 Å². The third-order valence-electron chi connectivity index (χ3n) is 3.74. The van der Waals surface area contributed by atoms with Gasteiger partial charge in [-0.3, -0.25) is 0 Å². The molecule has 0 saturated heterocycles. The van der Waals surface area contributed by atoms with Gasteiger partial charge in [-0.05, 0) is 56.5 Å². The largest absolute Gasteiger partial charge is 0.317 e. The molecule has 0 fully saturated rings. The number of hydrogen-bond acceptors (Lipinski definition) is 1. The maximum atomic E-state index is 13.5. The smallest absolute Gasteiger partial charge is 0.142 e. The number of hydrogen-bond donors (Lipinski definition) is 1. The molecule has 1 N–H and O–H groups in total. The van der Waals surface area contributed by atoms with Gasteiger partial charge in [-0.1, -0.05) is 47.5 Å². The van der Waals surface area contributed by atoms with Gasteiger partial charge in [0.25, 0.3) is 0 Å². The summed E-state index contributed by atoms with van der Waals surface area (Å²) in [6.07, 6.45) is 2.84. The lowest BCUT2D eigenvalue weighted by Gasteiger charge is -2.16. The van der Waals surface area contributed by atoms with Crippen molar-refractivity contribution in [2.24, 2.45) is 0 Å². The van der Waals surface area contributed by atoms with E-state index in [9.17, 15) is 4.39 Å². The standard InChI is InChI=1S/C18H21ClFN/c1-13-4-3-5-14(10-13)6-8-16(21-2)11-15-7-9-17(19)18(20)12-15/h3-5,7,9-10,12,16,21H,6,8,11H2,1-2H3. The van der Waals surface area contributed by atoms with Gasteiger partial charge in [0, 0.05) is 6.04 Å². The molecule has 1 unspecified atom stereocenters. The Morgan fingerprint density at radius 2 is 1.95 bits per heavy atom. The zero-order chi connectivity index (χ0) is 15.2. The Labute approximate surface area is 131 Å². The van der Waals surface area contributed by atoms with E-state index in [1.165, 1.54) is 17.2 Å². The van der Waals surface area contributed by atoms with Gasteiger partial charge in [0.05, 0.1) is 5.02 Å². The van der Waals surface area contributed by atoms with Crippen molar-refractivity contribution in [3.63, 3.8) is 0 Å². The summed E-state index contributed by atoms with van der Waals surface area (Å²) < 4.78 is 13.5. The molecule has 112 valence electrons. The van der Waals surface area contributed by atoms with Crippen LogP contribution in [0.1, 0.15) is 23.1 Å². The maximum Gasteiger partial charge on any atom is 0.142 e. The first-order valence-electron chi connectivity index (χ1n) is 7.25. The van der Waals surface area contributed by atoms with E-state index in [0.29, 0.717) is 6.04 Å². The predicted molar refractivity (Wildman–Crippen MR) is 87.5 cm³/mol. The first kappa shape index (κ1) is 16.0. The minimum Gasteiger partial charge on any atom is -0.317 e. The molecule has 0 aliphatic carbocycles. The van der Waals surface area contributed by atoms with Crippen molar-refractivity contribution in [1.29, 1.82) is 0 Å². The molecule has 1 atom stereocenters. The van der Waals surface area contributed by atoms with Crippen LogP contribution in [0, 0.1) is 12.7 Å². The molecule has 0 radical (unpaired) electrons. The summed E-state index contributed by atoms with van der Waals surface area (Å²) in [6, 6.07) is 13.9. The van der Waals surface area contributed by atoms with Crippen molar-refractivity contribution in [3.8, 4) is 0 Å². The normalized spacial score (nSPS) is 12.4. The van der Waals surface area contributed by atoms with Gasteiger partial charge in [0.15, 0.2) is 0 Å². The summed E-state index contributed by atoms with van der Waals surface area (Å²) in [5, 5.41) is 3.49. The van der Waals surface area contributed by atoms with E-state index >= 15 is 0 Å². The second-order valence-electron chi connectivity index (χ2n) is 5.47. The van der Waals surface area contributed by atoms with Gasteiger partial charge >= 0.3 is 0 Å². The van der Waals surface area contributed by atoms with E-state index in [-0.39, 0.29) is 10.8 Å². The van der Waals surface area contributed by atoms with E-state index in [0.717, 1.165) is 24.8 Å². The number of nitrogens with one attached hydrogen (secondary N) is 1. The van der Waals surface area contributed by atoms with Gasteiger partial charge in [-0.2, -0.15) is 0 Å². The molecule has 1 nitrogen and oxygen atoms in total. The molecule has 0 aliphatic heterocycles. The monoisotopic (exact) mass is 305 g/mol. The van der Waals surface area contributed by atoms with Crippen molar-refractivity contribution in [2.45, 2.75) is 32.2 Å². The van der Waals surface area contributed by atoms with Crippen molar-refractivity contribution < 1.29 is 4.39 Å². The Kier molecular flexibility index (Phi) is 5.77. The molecule has 3 heteroatoms. The molecular formula is C18H21ClFN. The maximum absolute atomic E-state index is 13.5. The molecule has 2 aromatic carbocycles. The van der Waals surface area contributed by atoms with E-state index in [2.05, 4.69) is 36.5 Å². The minimum atomic E-state index is -0.345. The quantitative estimate of drug-likeness (QED) is 0.825. The molecule has 0 aliphatic rings. The topological polar surface area (TPSA) is 12.0 Å². The van der Waals surface area contributed by atoms with Gasteiger partial charge in [0.2, 0.25) is 0 Å².